The molecule has 4 rings (SSSR count). The minimum Gasteiger partial charge on any atom is -0.368 e. The molecule has 0 aliphatic carbocycles. The van der Waals surface area contributed by atoms with Crippen LogP contribution in [-0.4, -0.2) is 43.3 Å². The molecule has 1 amide bonds. The van der Waals surface area contributed by atoms with Crippen LogP contribution in [0.1, 0.15) is 5.69 Å². The molecule has 0 aliphatic heterocycles. The number of hydrogen-bond acceptors (Lipinski definition) is 5. The van der Waals surface area contributed by atoms with Crippen LogP contribution in [-0.2, 0) is 11.3 Å². The summed E-state index contributed by atoms with van der Waals surface area (Å²) in [6, 6.07) is 13.8. The van der Waals surface area contributed by atoms with E-state index in [4.69, 9.17) is 0 Å². The number of hydrogen-bond donors (Lipinski definition) is 2. The largest absolute Gasteiger partial charge is 0.368 e. The van der Waals surface area contributed by atoms with Crippen LogP contribution in [0.15, 0.2) is 61.2 Å². The van der Waals surface area contributed by atoms with Gasteiger partial charge in [0.1, 0.15) is 18.7 Å². The summed E-state index contributed by atoms with van der Waals surface area (Å²) in [7, 11) is 0. The quantitative estimate of drug-likeness (QED) is 0.483. The lowest BCUT2D eigenvalue weighted by Crippen LogP contribution is -2.31. The Hall–Kier alpha value is -3.68. The van der Waals surface area contributed by atoms with Gasteiger partial charge < -0.3 is 15.2 Å². The van der Waals surface area contributed by atoms with E-state index in [0.717, 1.165) is 16.6 Å². The van der Waals surface area contributed by atoms with Crippen molar-refractivity contribution in [3.05, 3.63) is 66.9 Å². The highest BCUT2D eigenvalue weighted by Crippen LogP contribution is 2.14. The fourth-order valence-corrected chi connectivity index (χ4v) is 2.99. The van der Waals surface area contributed by atoms with Crippen molar-refractivity contribution in [2.45, 2.75) is 13.5 Å². The predicted molar refractivity (Wildman–Crippen MR) is 107 cm³/mol. The van der Waals surface area contributed by atoms with E-state index >= 15 is 0 Å². The summed E-state index contributed by atoms with van der Waals surface area (Å²) in [5.41, 5.74) is 1.98. The minimum atomic E-state index is -0.0291. The van der Waals surface area contributed by atoms with Crippen LogP contribution in [0.25, 0.3) is 16.7 Å². The standard InChI is InChI=1S/C20H21N7O/c1-15-6-11-27(25-15)19-12-18(23-14-24-19)21-8-9-22-20(28)13-26-10-7-16-4-2-3-5-17(16)26/h2-7,10-12,14H,8-9,13H2,1H3,(H,22,28)(H,21,23,24). The maximum atomic E-state index is 12.2. The number of aryl methyl sites for hydroxylation is 1. The highest BCUT2D eigenvalue weighted by atomic mass is 16.1. The molecule has 0 saturated carbocycles. The molecule has 8 nitrogen and oxygen atoms in total. The molecular formula is C20H21N7O. The first-order valence-electron chi connectivity index (χ1n) is 9.08. The number of nitrogens with zero attached hydrogens (tertiary/aromatic N) is 5. The lowest BCUT2D eigenvalue weighted by Gasteiger charge is -2.09. The lowest BCUT2D eigenvalue weighted by atomic mass is 10.2. The van der Waals surface area contributed by atoms with Crippen LogP contribution < -0.4 is 10.6 Å². The smallest absolute Gasteiger partial charge is 0.240 e. The topological polar surface area (TPSA) is 89.7 Å². The highest BCUT2D eigenvalue weighted by molar-refractivity contribution is 5.83. The van der Waals surface area contributed by atoms with Gasteiger partial charge in [-0.05, 0) is 30.5 Å². The first-order chi connectivity index (χ1) is 13.7. The predicted octanol–water partition coefficient (Wildman–Crippen LogP) is 2.15. The number of para-hydroxylation sites is 1. The van der Waals surface area contributed by atoms with E-state index in [1.165, 1.54) is 6.33 Å². The SMILES string of the molecule is Cc1ccn(-c2cc(NCCNC(=O)Cn3ccc4ccccc43)ncn2)n1. The second-order valence-corrected chi connectivity index (χ2v) is 6.44. The average molecular weight is 375 g/mol. The summed E-state index contributed by atoms with van der Waals surface area (Å²) < 4.78 is 3.65. The second kappa shape index (κ2) is 7.91. The summed E-state index contributed by atoms with van der Waals surface area (Å²) in [6.07, 6.45) is 5.28. The summed E-state index contributed by atoms with van der Waals surface area (Å²) in [4.78, 5) is 20.6. The first kappa shape index (κ1) is 17.7. The molecule has 3 heterocycles. The van der Waals surface area contributed by atoms with E-state index in [2.05, 4.69) is 25.7 Å². The van der Waals surface area contributed by atoms with Gasteiger partial charge in [-0.1, -0.05) is 18.2 Å². The van der Waals surface area contributed by atoms with Gasteiger partial charge in [-0.3, -0.25) is 4.79 Å². The third-order valence-electron chi connectivity index (χ3n) is 4.36. The van der Waals surface area contributed by atoms with Crippen molar-refractivity contribution < 1.29 is 4.79 Å². The van der Waals surface area contributed by atoms with E-state index in [0.29, 0.717) is 31.3 Å². The van der Waals surface area contributed by atoms with E-state index in [1.54, 1.807) is 4.68 Å². The number of nitrogens with one attached hydrogen (secondary N) is 2. The Morgan fingerprint density at radius 1 is 1.07 bits per heavy atom. The molecule has 0 bridgehead atoms. The normalized spacial score (nSPS) is 10.9. The van der Waals surface area contributed by atoms with Crippen molar-refractivity contribution in [2.75, 3.05) is 18.4 Å². The number of carbonyl (C=O) groups is 1. The van der Waals surface area contributed by atoms with Crippen molar-refractivity contribution in [2.24, 2.45) is 0 Å². The summed E-state index contributed by atoms with van der Waals surface area (Å²) >= 11 is 0. The number of fused-ring (bicyclic) bond motifs is 1. The van der Waals surface area contributed by atoms with Gasteiger partial charge in [0.05, 0.1) is 5.69 Å². The third kappa shape index (κ3) is 4.01. The zero-order chi connectivity index (χ0) is 19.3. The maximum absolute atomic E-state index is 12.2. The van der Waals surface area contributed by atoms with Gasteiger partial charge in [0.25, 0.3) is 0 Å². The molecule has 3 aromatic heterocycles. The van der Waals surface area contributed by atoms with Crippen LogP contribution in [0, 0.1) is 6.92 Å². The number of amides is 1. The van der Waals surface area contributed by atoms with Gasteiger partial charge in [0, 0.05) is 37.1 Å². The maximum Gasteiger partial charge on any atom is 0.240 e. The number of carbonyl (C=O) groups excluding carboxylic acids is 1. The van der Waals surface area contributed by atoms with Crippen molar-refractivity contribution in [3.8, 4) is 5.82 Å². The van der Waals surface area contributed by atoms with Crippen molar-refractivity contribution in [1.82, 2.24) is 29.6 Å². The van der Waals surface area contributed by atoms with Crippen molar-refractivity contribution in [3.63, 3.8) is 0 Å². The van der Waals surface area contributed by atoms with Crippen LogP contribution >= 0.6 is 0 Å². The molecule has 0 unspecified atom stereocenters. The molecule has 28 heavy (non-hydrogen) atoms. The molecule has 0 fully saturated rings. The molecule has 0 atom stereocenters. The van der Waals surface area contributed by atoms with Crippen molar-refractivity contribution in [1.29, 1.82) is 0 Å². The highest BCUT2D eigenvalue weighted by Gasteiger charge is 2.06. The molecule has 8 heteroatoms. The summed E-state index contributed by atoms with van der Waals surface area (Å²) in [5, 5.41) is 11.6. The van der Waals surface area contributed by atoms with Gasteiger partial charge >= 0.3 is 0 Å². The average Bonchev–Trinajstić information content (AvgIpc) is 3.32. The van der Waals surface area contributed by atoms with Gasteiger partial charge in [0.15, 0.2) is 5.82 Å². The number of benzene rings is 1. The molecule has 2 N–H and O–H groups in total. The van der Waals surface area contributed by atoms with E-state index in [-0.39, 0.29) is 5.91 Å². The second-order valence-electron chi connectivity index (χ2n) is 6.44. The summed E-state index contributed by atoms with van der Waals surface area (Å²) in [5.74, 6) is 1.34. The van der Waals surface area contributed by atoms with Gasteiger partial charge in [-0.2, -0.15) is 5.10 Å². The van der Waals surface area contributed by atoms with Crippen LogP contribution in [0.3, 0.4) is 0 Å². The van der Waals surface area contributed by atoms with Gasteiger partial charge in [-0.15, -0.1) is 0 Å². The Morgan fingerprint density at radius 3 is 2.82 bits per heavy atom. The molecule has 1 aromatic carbocycles. The van der Waals surface area contributed by atoms with Crippen LogP contribution in [0.4, 0.5) is 5.82 Å². The fraction of sp³-hybridized carbons (Fsp3) is 0.200. The number of anilines is 1. The molecular weight excluding hydrogens is 354 g/mol. The molecule has 0 saturated heterocycles. The molecule has 0 aliphatic rings. The van der Waals surface area contributed by atoms with Gasteiger partial charge in [-0.25, -0.2) is 14.6 Å². The molecule has 0 spiro atoms. The van der Waals surface area contributed by atoms with E-state index in [9.17, 15) is 4.79 Å². The monoisotopic (exact) mass is 375 g/mol. The Balaban J connectivity index is 1.27. The first-order valence-corrected chi connectivity index (χ1v) is 9.08. The Labute approximate surface area is 162 Å². The lowest BCUT2D eigenvalue weighted by molar-refractivity contribution is -0.121. The molecule has 142 valence electrons. The van der Waals surface area contributed by atoms with E-state index in [1.807, 2.05) is 66.3 Å². The third-order valence-corrected chi connectivity index (χ3v) is 4.36. The Bertz CT molecular complexity index is 1100. The number of rotatable bonds is 7. The van der Waals surface area contributed by atoms with Crippen LogP contribution in [0.2, 0.25) is 0 Å². The van der Waals surface area contributed by atoms with Gasteiger partial charge in [0.2, 0.25) is 5.91 Å². The van der Waals surface area contributed by atoms with Crippen molar-refractivity contribution >= 4 is 22.6 Å². The summed E-state index contributed by atoms with van der Waals surface area (Å²) in [6.45, 7) is 3.28. The fourth-order valence-electron chi connectivity index (χ4n) is 2.99. The Morgan fingerprint density at radius 2 is 1.96 bits per heavy atom. The number of aromatic nitrogens is 5. The van der Waals surface area contributed by atoms with Crippen LogP contribution in [0.5, 0.6) is 0 Å². The molecule has 4 aromatic rings. The zero-order valence-corrected chi connectivity index (χ0v) is 15.5. The molecule has 0 radical (unpaired) electrons. The zero-order valence-electron chi connectivity index (χ0n) is 15.5. The Kier molecular flexibility index (Phi) is 5.01. The minimum absolute atomic E-state index is 0.0291. The van der Waals surface area contributed by atoms with E-state index < -0.39 is 0 Å².